The fourth-order valence-corrected chi connectivity index (χ4v) is 2.00. The molecule has 0 fully saturated rings. The van der Waals surface area contributed by atoms with Crippen LogP contribution in [0.3, 0.4) is 0 Å². The van der Waals surface area contributed by atoms with Crippen molar-refractivity contribution in [3.63, 3.8) is 0 Å². The summed E-state index contributed by atoms with van der Waals surface area (Å²) in [6.45, 7) is 8.47. The fourth-order valence-electron chi connectivity index (χ4n) is 1.61. The lowest BCUT2D eigenvalue weighted by atomic mass is 9.79. The van der Waals surface area contributed by atoms with E-state index in [0.717, 1.165) is 10.0 Å². The van der Waals surface area contributed by atoms with Crippen LogP contribution in [-0.2, 0) is 11.2 Å². The lowest BCUT2D eigenvalue weighted by Crippen LogP contribution is -2.21. The van der Waals surface area contributed by atoms with Gasteiger partial charge in [-0.1, -0.05) is 43.6 Å². The maximum atomic E-state index is 13.1. The van der Waals surface area contributed by atoms with Gasteiger partial charge in [0.25, 0.3) is 0 Å². The van der Waals surface area contributed by atoms with Gasteiger partial charge in [0.2, 0.25) is 0 Å². The minimum atomic E-state index is -0.301. The normalized spacial score (nSPS) is 13.4. The molecular formula is C15H20BrFO. The number of carbonyl (C=O) groups excluding carboxylic acids is 1. The predicted octanol–water partition coefficient (Wildman–Crippen LogP) is 4.77. The van der Waals surface area contributed by atoms with Crippen molar-refractivity contribution in [2.24, 2.45) is 11.3 Å². The standard InChI is InChI=1S/C15H20BrFO/c1-10(15(2,3)4)7-13(18)9-11-8-12(17)5-6-14(11)16/h5-6,8,10H,7,9H2,1-4H3. The molecular weight excluding hydrogens is 295 g/mol. The molecule has 100 valence electrons. The Hall–Kier alpha value is -0.700. The van der Waals surface area contributed by atoms with Gasteiger partial charge in [-0.25, -0.2) is 4.39 Å². The summed E-state index contributed by atoms with van der Waals surface area (Å²) in [4.78, 5) is 12.0. The number of hydrogen-bond donors (Lipinski definition) is 0. The second-order valence-electron chi connectivity index (χ2n) is 5.92. The molecule has 1 nitrogen and oxygen atoms in total. The Morgan fingerprint density at radius 1 is 1.39 bits per heavy atom. The first-order chi connectivity index (χ1) is 8.20. The summed E-state index contributed by atoms with van der Waals surface area (Å²) < 4.78 is 13.9. The number of Topliss-reactive ketones (excluding diaryl/α,β-unsaturated/α-hetero) is 1. The van der Waals surface area contributed by atoms with Crippen LogP contribution in [0, 0.1) is 17.2 Å². The smallest absolute Gasteiger partial charge is 0.137 e. The molecule has 1 aromatic carbocycles. The number of hydrogen-bond acceptors (Lipinski definition) is 1. The highest BCUT2D eigenvalue weighted by atomic mass is 79.9. The van der Waals surface area contributed by atoms with E-state index in [-0.39, 0.29) is 17.0 Å². The van der Waals surface area contributed by atoms with E-state index in [1.807, 2.05) is 0 Å². The van der Waals surface area contributed by atoms with Crippen LogP contribution in [0.25, 0.3) is 0 Å². The second kappa shape index (κ2) is 5.96. The molecule has 0 radical (unpaired) electrons. The molecule has 0 amide bonds. The van der Waals surface area contributed by atoms with Crippen LogP contribution in [-0.4, -0.2) is 5.78 Å². The Morgan fingerprint density at radius 2 is 2.00 bits per heavy atom. The van der Waals surface area contributed by atoms with Crippen LogP contribution >= 0.6 is 15.9 Å². The molecule has 1 aromatic rings. The minimum absolute atomic E-state index is 0.120. The maximum Gasteiger partial charge on any atom is 0.137 e. The molecule has 0 spiro atoms. The summed E-state index contributed by atoms with van der Waals surface area (Å²) in [6, 6.07) is 4.45. The van der Waals surface area contributed by atoms with Crippen LogP contribution in [0.5, 0.6) is 0 Å². The quantitative estimate of drug-likeness (QED) is 0.782. The van der Waals surface area contributed by atoms with Crippen molar-refractivity contribution in [2.45, 2.75) is 40.5 Å². The molecule has 1 unspecified atom stereocenters. The molecule has 0 heterocycles. The van der Waals surface area contributed by atoms with E-state index < -0.39 is 0 Å². The SMILES string of the molecule is CC(CC(=O)Cc1cc(F)ccc1Br)C(C)(C)C. The molecule has 0 bridgehead atoms. The van der Waals surface area contributed by atoms with Crippen LogP contribution in [0.4, 0.5) is 4.39 Å². The number of carbonyl (C=O) groups is 1. The zero-order valence-electron chi connectivity index (χ0n) is 11.4. The number of halogens is 2. The highest BCUT2D eigenvalue weighted by molar-refractivity contribution is 9.10. The zero-order chi connectivity index (χ0) is 13.9. The molecule has 3 heteroatoms. The summed E-state index contributed by atoms with van der Waals surface area (Å²) in [7, 11) is 0. The molecule has 0 N–H and O–H groups in total. The van der Waals surface area contributed by atoms with Gasteiger partial charge in [0.1, 0.15) is 11.6 Å². The average molecular weight is 315 g/mol. The van der Waals surface area contributed by atoms with Gasteiger partial charge >= 0.3 is 0 Å². The van der Waals surface area contributed by atoms with Gasteiger partial charge in [-0.2, -0.15) is 0 Å². The summed E-state index contributed by atoms with van der Waals surface area (Å²) in [5.41, 5.74) is 0.843. The molecule has 0 saturated heterocycles. The van der Waals surface area contributed by atoms with E-state index in [4.69, 9.17) is 0 Å². The summed E-state index contributed by atoms with van der Waals surface area (Å²) in [5, 5.41) is 0. The van der Waals surface area contributed by atoms with E-state index in [1.54, 1.807) is 6.07 Å². The van der Waals surface area contributed by atoms with E-state index >= 15 is 0 Å². The summed E-state index contributed by atoms with van der Waals surface area (Å²) in [5.74, 6) is 0.172. The highest BCUT2D eigenvalue weighted by Gasteiger charge is 2.22. The molecule has 0 saturated carbocycles. The molecule has 18 heavy (non-hydrogen) atoms. The zero-order valence-corrected chi connectivity index (χ0v) is 13.0. The van der Waals surface area contributed by atoms with Crippen LogP contribution in [0.15, 0.2) is 22.7 Å². The Morgan fingerprint density at radius 3 is 2.56 bits per heavy atom. The maximum absolute atomic E-state index is 13.1. The lowest BCUT2D eigenvalue weighted by molar-refractivity contribution is -0.120. The largest absolute Gasteiger partial charge is 0.299 e. The molecule has 1 atom stereocenters. The van der Waals surface area contributed by atoms with Crippen molar-refractivity contribution in [1.29, 1.82) is 0 Å². The predicted molar refractivity (Wildman–Crippen MR) is 76.0 cm³/mol. The molecule has 0 aliphatic carbocycles. The third-order valence-electron chi connectivity index (χ3n) is 3.41. The third kappa shape index (κ3) is 4.52. The van der Waals surface area contributed by atoms with Crippen molar-refractivity contribution >= 4 is 21.7 Å². The monoisotopic (exact) mass is 314 g/mol. The van der Waals surface area contributed by atoms with Crippen molar-refractivity contribution in [1.82, 2.24) is 0 Å². The fraction of sp³-hybridized carbons (Fsp3) is 0.533. The molecule has 1 rings (SSSR count). The molecule has 0 aliphatic heterocycles. The van der Waals surface area contributed by atoms with Gasteiger partial charge in [0.05, 0.1) is 0 Å². The Kier molecular flexibility index (Phi) is 5.09. The first-order valence-corrected chi connectivity index (χ1v) is 6.95. The molecule has 0 aliphatic rings. The van der Waals surface area contributed by atoms with Gasteiger partial charge < -0.3 is 0 Å². The minimum Gasteiger partial charge on any atom is -0.299 e. The van der Waals surface area contributed by atoms with Crippen molar-refractivity contribution < 1.29 is 9.18 Å². The average Bonchev–Trinajstić information content (AvgIpc) is 2.22. The van der Waals surface area contributed by atoms with E-state index in [9.17, 15) is 9.18 Å². The first kappa shape index (κ1) is 15.4. The van der Waals surface area contributed by atoms with Gasteiger partial charge in [0.15, 0.2) is 0 Å². The van der Waals surface area contributed by atoms with Crippen molar-refractivity contribution in [2.75, 3.05) is 0 Å². The van der Waals surface area contributed by atoms with Crippen LogP contribution < -0.4 is 0 Å². The Labute approximate surface area is 117 Å². The highest BCUT2D eigenvalue weighted by Crippen LogP contribution is 2.29. The van der Waals surface area contributed by atoms with Crippen molar-refractivity contribution in [3.8, 4) is 0 Å². The van der Waals surface area contributed by atoms with Crippen molar-refractivity contribution in [3.05, 3.63) is 34.1 Å². The van der Waals surface area contributed by atoms with Gasteiger partial charge in [-0.3, -0.25) is 4.79 Å². The van der Waals surface area contributed by atoms with Crippen LogP contribution in [0.1, 0.15) is 39.7 Å². The van der Waals surface area contributed by atoms with E-state index in [0.29, 0.717) is 18.8 Å². The Bertz CT molecular complexity index is 435. The molecule has 0 aromatic heterocycles. The summed E-state index contributed by atoms with van der Waals surface area (Å²) in [6.07, 6.45) is 0.825. The van der Waals surface area contributed by atoms with E-state index in [2.05, 4.69) is 43.6 Å². The number of benzene rings is 1. The number of ketones is 1. The third-order valence-corrected chi connectivity index (χ3v) is 4.18. The summed E-state index contributed by atoms with van der Waals surface area (Å²) >= 11 is 3.35. The topological polar surface area (TPSA) is 17.1 Å². The first-order valence-electron chi connectivity index (χ1n) is 6.16. The van der Waals surface area contributed by atoms with Gasteiger partial charge in [-0.15, -0.1) is 0 Å². The van der Waals surface area contributed by atoms with Gasteiger partial charge in [-0.05, 0) is 35.1 Å². The number of rotatable bonds is 4. The Balaban J connectivity index is 2.68. The lowest BCUT2D eigenvalue weighted by Gasteiger charge is -2.26. The van der Waals surface area contributed by atoms with E-state index in [1.165, 1.54) is 12.1 Å². The van der Waals surface area contributed by atoms with Crippen LogP contribution in [0.2, 0.25) is 0 Å². The van der Waals surface area contributed by atoms with Gasteiger partial charge in [0, 0.05) is 17.3 Å². The second-order valence-corrected chi connectivity index (χ2v) is 6.78.